The first kappa shape index (κ1) is 38.2. The zero-order valence-corrected chi connectivity index (χ0v) is 23.1. The van der Waals surface area contributed by atoms with E-state index in [4.69, 9.17) is 0 Å². The molecule has 0 radical (unpaired) electrons. The van der Waals surface area contributed by atoms with Crippen molar-refractivity contribution in [1.29, 1.82) is 0 Å². The van der Waals surface area contributed by atoms with Crippen molar-refractivity contribution in [2.45, 2.75) is 169 Å². The van der Waals surface area contributed by atoms with E-state index in [0.717, 1.165) is 19.4 Å². The number of aliphatic hydroxyl groups excluding tert-OH is 3. The zero-order chi connectivity index (χ0) is 24.2. The van der Waals surface area contributed by atoms with Crippen LogP contribution >= 0.6 is 0 Å². The van der Waals surface area contributed by atoms with Gasteiger partial charge in [0.25, 0.3) is 0 Å². The lowest BCUT2D eigenvalue weighted by Crippen LogP contribution is -2.57. The van der Waals surface area contributed by atoms with E-state index in [9.17, 15) is 15.3 Å². The summed E-state index contributed by atoms with van der Waals surface area (Å²) in [5, 5.41) is 30.5. The fourth-order valence-electron chi connectivity index (χ4n) is 4.85. The molecule has 3 N–H and O–H groups in total. The van der Waals surface area contributed by atoms with Crippen LogP contribution in [0.2, 0.25) is 0 Å². The van der Waals surface area contributed by atoms with Gasteiger partial charge in [-0.1, -0.05) is 110 Å². The van der Waals surface area contributed by atoms with Crippen LogP contribution in [0.3, 0.4) is 0 Å². The number of unbranched alkanes of at least 4 members (excludes halogenated alkanes) is 15. The first-order valence-corrected chi connectivity index (χ1v) is 13.9. The van der Waals surface area contributed by atoms with E-state index in [1.807, 2.05) is 11.8 Å². The normalized spacial score (nSPS) is 15.0. The summed E-state index contributed by atoms with van der Waals surface area (Å²) in [5.74, 6) is 0. The highest BCUT2D eigenvalue weighted by Gasteiger charge is 2.31. The summed E-state index contributed by atoms with van der Waals surface area (Å²) in [4.78, 5) is 3.67. The van der Waals surface area contributed by atoms with E-state index < -0.39 is 18.7 Å². The minimum atomic E-state index is -0.757. The van der Waals surface area contributed by atoms with Crippen LogP contribution in [-0.2, 0) is 0 Å². The molecule has 0 saturated carbocycles. The molecule has 210 valence electrons. The maximum Gasteiger partial charge on any atom is 0.107 e. The summed E-state index contributed by atoms with van der Waals surface area (Å²) in [6.07, 6.45) is 20.0. The van der Waals surface area contributed by atoms with Crippen LogP contribution in [0.15, 0.2) is 0 Å². The molecule has 0 fully saturated rings. The zero-order valence-electron chi connectivity index (χ0n) is 23.1. The molecule has 0 bridgehead atoms. The molecule has 0 aromatic rings. The highest BCUT2D eigenvalue weighted by molar-refractivity contribution is 4.75. The van der Waals surface area contributed by atoms with Crippen molar-refractivity contribution in [2.75, 3.05) is 6.54 Å². The number of nitrogens with zero attached hydrogens (tertiary/aromatic N) is 2. The van der Waals surface area contributed by atoms with Gasteiger partial charge in [0.15, 0.2) is 0 Å². The Kier molecular flexibility index (Phi) is 28.9. The first-order valence-electron chi connectivity index (χ1n) is 13.9. The highest BCUT2D eigenvalue weighted by Crippen LogP contribution is 2.19. The second kappa shape index (κ2) is 25.7. The largest absolute Gasteiger partial charge is 0.379 e. The van der Waals surface area contributed by atoms with Gasteiger partial charge in [-0.05, 0) is 33.6 Å². The molecule has 0 rings (SSSR count). The Bertz CT molecular complexity index is 394. The van der Waals surface area contributed by atoms with Crippen molar-refractivity contribution in [3.8, 4) is 0 Å². The van der Waals surface area contributed by atoms with Crippen molar-refractivity contribution < 1.29 is 24.7 Å². The van der Waals surface area contributed by atoms with E-state index in [1.165, 1.54) is 96.3 Å². The predicted octanol–water partition coefficient (Wildman–Crippen LogP) is 6.91. The van der Waals surface area contributed by atoms with Crippen LogP contribution in [0.1, 0.15) is 144 Å². The topological polar surface area (TPSA) is 67.2 Å². The number of hydrogen-bond acceptors (Lipinski definition) is 5. The van der Waals surface area contributed by atoms with Crippen LogP contribution in [0, 0.1) is 0 Å². The van der Waals surface area contributed by atoms with Crippen LogP contribution < -0.4 is 0 Å². The monoisotopic (exact) mass is 498 g/mol. The quantitative estimate of drug-likeness (QED) is 0.105. The van der Waals surface area contributed by atoms with Crippen LogP contribution in [0.5, 0.6) is 0 Å². The smallest absolute Gasteiger partial charge is 0.107 e. The van der Waals surface area contributed by atoms with E-state index >= 15 is 0 Å². The Morgan fingerprint density at radius 3 is 1.09 bits per heavy atom. The lowest BCUT2D eigenvalue weighted by Gasteiger charge is -2.43. The van der Waals surface area contributed by atoms with Gasteiger partial charge >= 0.3 is 0 Å². The van der Waals surface area contributed by atoms with Crippen molar-refractivity contribution in [3.63, 3.8) is 0 Å². The Labute approximate surface area is 210 Å². The molecule has 0 aliphatic heterocycles. The van der Waals surface area contributed by atoms with Gasteiger partial charge in [0, 0.05) is 6.54 Å². The average Bonchev–Trinajstić information content (AvgIpc) is 2.73. The molecule has 0 heterocycles. The molecule has 4 unspecified atom stereocenters. The maximum atomic E-state index is 10.3. The van der Waals surface area contributed by atoms with Crippen molar-refractivity contribution in [2.24, 2.45) is 0 Å². The Hall–Kier alpha value is -0.340. The lowest BCUT2D eigenvalue weighted by atomic mass is 10.0. The summed E-state index contributed by atoms with van der Waals surface area (Å²) in [7, 11) is 0. The molecular formula is C27H60F2N2O3. The third-order valence-corrected chi connectivity index (χ3v) is 6.70. The molecule has 4 atom stereocenters. The van der Waals surface area contributed by atoms with Gasteiger partial charge in [0.05, 0.1) is 6.17 Å². The molecular weight excluding hydrogens is 438 g/mol. The third-order valence-electron chi connectivity index (χ3n) is 6.70. The summed E-state index contributed by atoms with van der Waals surface area (Å²) < 4.78 is 0. The first-order chi connectivity index (χ1) is 15.4. The van der Waals surface area contributed by atoms with Gasteiger partial charge < -0.3 is 15.3 Å². The molecule has 5 nitrogen and oxygen atoms in total. The van der Waals surface area contributed by atoms with E-state index in [0.29, 0.717) is 0 Å². The molecule has 7 heteroatoms. The summed E-state index contributed by atoms with van der Waals surface area (Å²) in [6.45, 7) is 10.2. The number of hydrogen-bond donors (Lipinski definition) is 3. The van der Waals surface area contributed by atoms with E-state index in [2.05, 4.69) is 6.92 Å². The fourth-order valence-corrected chi connectivity index (χ4v) is 4.85. The lowest BCUT2D eigenvalue weighted by molar-refractivity contribution is -0.172. The van der Waals surface area contributed by atoms with E-state index in [1.54, 1.807) is 25.7 Å². The summed E-state index contributed by atoms with van der Waals surface area (Å²) in [5.41, 5.74) is 0. The average molecular weight is 499 g/mol. The molecule has 0 amide bonds. The summed E-state index contributed by atoms with van der Waals surface area (Å²) in [6, 6.07) is 0. The third kappa shape index (κ3) is 18.9. The Morgan fingerprint density at radius 1 is 0.500 bits per heavy atom. The molecule has 0 aliphatic rings. The SMILES string of the molecule is CCCCCCCCCCCCCCCCCCN(C(C)O)C(CC)N(C(C)O)C(C)O.F.F. The standard InChI is InChI=1S/C27H58N2O3.2FH/c1-6-8-9-10-11-12-13-14-15-16-17-18-19-20-21-22-23-28(24(3)30)27(7-2)29(25(4)31)26(5)32;;/h24-27,30-32H,6-23H2,1-5H3;2*1H. The van der Waals surface area contributed by atoms with Gasteiger partial charge in [0.2, 0.25) is 0 Å². The Balaban J connectivity index is -0.00000480. The fraction of sp³-hybridized carbons (Fsp3) is 1.00. The number of aliphatic hydroxyl groups is 3. The van der Waals surface area contributed by atoms with Crippen LogP contribution in [0.25, 0.3) is 0 Å². The van der Waals surface area contributed by atoms with E-state index in [-0.39, 0.29) is 15.6 Å². The summed E-state index contributed by atoms with van der Waals surface area (Å²) >= 11 is 0. The van der Waals surface area contributed by atoms with Crippen LogP contribution in [0.4, 0.5) is 9.41 Å². The minimum Gasteiger partial charge on any atom is -0.379 e. The van der Waals surface area contributed by atoms with Gasteiger partial charge in [-0.15, -0.1) is 0 Å². The molecule has 0 aromatic heterocycles. The van der Waals surface area contributed by atoms with Gasteiger partial charge in [-0.25, -0.2) is 4.90 Å². The van der Waals surface area contributed by atoms with Gasteiger partial charge in [-0.2, -0.15) is 0 Å². The second-order valence-corrected chi connectivity index (χ2v) is 9.77. The molecule has 0 aromatic carbocycles. The molecule has 0 saturated heterocycles. The van der Waals surface area contributed by atoms with Gasteiger partial charge in [-0.3, -0.25) is 14.3 Å². The highest BCUT2D eigenvalue weighted by atomic mass is 19.0. The van der Waals surface area contributed by atoms with Crippen molar-refractivity contribution in [1.82, 2.24) is 9.80 Å². The van der Waals surface area contributed by atoms with Crippen molar-refractivity contribution >= 4 is 0 Å². The maximum absolute atomic E-state index is 10.3. The predicted molar refractivity (Wildman–Crippen MR) is 142 cm³/mol. The van der Waals surface area contributed by atoms with Gasteiger partial charge in [0.1, 0.15) is 18.7 Å². The second-order valence-electron chi connectivity index (χ2n) is 9.77. The van der Waals surface area contributed by atoms with Crippen molar-refractivity contribution in [3.05, 3.63) is 0 Å². The number of rotatable bonds is 23. The van der Waals surface area contributed by atoms with Crippen LogP contribution in [-0.4, -0.2) is 56.5 Å². The molecule has 34 heavy (non-hydrogen) atoms. The Morgan fingerprint density at radius 2 is 0.824 bits per heavy atom. The number of halogens is 2. The minimum absolute atomic E-state index is 0. The molecule has 0 spiro atoms. The molecule has 0 aliphatic carbocycles.